The Morgan fingerprint density at radius 2 is 1.79 bits per heavy atom. The van der Waals surface area contributed by atoms with Crippen molar-refractivity contribution >= 4 is 11.9 Å². The van der Waals surface area contributed by atoms with E-state index in [0.29, 0.717) is 5.92 Å². The van der Waals surface area contributed by atoms with Gasteiger partial charge in [-0.05, 0) is 32.1 Å². The number of carbonyl (C=O) groups is 2. The van der Waals surface area contributed by atoms with Gasteiger partial charge in [-0.25, -0.2) is 9.59 Å². The van der Waals surface area contributed by atoms with Crippen molar-refractivity contribution in [1.29, 1.82) is 0 Å². The molecule has 0 spiro atoms. The summed E-state index contributed by atoms with van der Waals surface area (Å²) in [5.41, 5.74) is 0. The van der Waals surface area contributed by atoms with Gasteiger partial charge in [-0.1, -0.05) is 38.8 Å². The predicted octanol–water partition coefficient (Wildman–Crippen LogP) is 3.26. The van der Waals surface area contributed by atoms with E-state index in [9.17, 15) is 9.59 Å². The molecule has 0 aromatic rings. The van der Waals surface area contributed by atoms with Gasteiger partial charge >= 0.3 is 11.9 Å². The van der Waals surface area contributed by atoms with Gasteiger partial charge in [0.1, 0.15) is 0 Å². The topological polar surface area (TPSA) is 52.6 Å². The molecule has 0 aliphatic heterocycles. The van der Waals surface area contributed by atoms with E-state index in [1.54, 1.807) is 6.92 Å². The molecule has 4 heteroatoms. The Kier molecular flexibility index (Phi) is 10.9. The number of unbranched alkanes of at least 4 members (excludes halogenated alkanes) is 3. The summed E-state index contributed by atoms with van der Waals surface area (Å²) in [5.74, 6) is -1.47. The number of carbonyl (C=O) groups excluding carboxylic acids is 2. The van der Waals surface area contributed by atoms with Gasteiger partial charge in [-0.2, -0.15) is 0 Å². The summed E-state index contributed by atoms with van der Waals surface area (Å²) >= 11 is 0. The van der Waals surface area contributed by atoms with E-state index < -0.39 is 11.9 Å². The molecular weight excluding hydrogens is 244 g/mol. The van der Waals surface area contributed by atoms with Crippen molar-refractivity contribution in [3.05, 3.63) is 12.2 Å². The van der Waals surface area contributed by atoms with Crippen LogP contribution >= 0.6 is 0 Å². The third kappa shape index (κ3) is 10.3. The molecule has 0 aliphatic rings. The fourth-order valence-electron chi connectivity index (χ4n) is 1.52. The van der Waals surface area contributed by atoms with E-state index in [0.717, 1.165) is 12.8 Å². The molecule has 0 bridgehead atoms. The first kappa shape index (κ1) is 17.7. The number of hydrogen-bond donors (Lipinski definition) is 0. The highest BCUT2D eigenvalue weighted by Crippen LogP contribution is 2.07. The van der Waals surface area contributed by atoms with Crippen LogP contribution in [-0.2, 0) is 19.1 Å². The maximum Gasteiger partial charge on any atom is 0.417 e. The molecule has 0 heterocycles. The molecule has 0 rings (SSSR count). The Bertz CT molecular complexity index is 284. The van der Waals surface area contributed by atoms with Gasteiger partial charge in [-0.15, -0.1) is 0 Å². The van der Waals surface area contributed by atoms with Crippen LogP contribution in [0.4, 0.5) is 0 Å². The average Bonchev–Trinajstić information content (AvgIpc) is 2.38. The Morgan fingerprint density at radius 1 is 1.11 bits per heavy atom. The molecule has 1 unspecified atom stereocenters. The lowest BCUT2D eigenvalue weighted by molar-refractivity contribution is -0.167. The molecule has 0 aliphatic carbocycles. The van der Waals surface area contributed by atoms with Crippen molar-refractivity contribution in [2.45, 2.75) is 52.9 Å². The number of allylic oxidation sites excluding steroid dienone is 2. The van der Waals surface area contributed by atoms with Gasteiger partial charge in [-0.3, -0.25) is 0 Å². The molecule has 4 nitrogen and oxygen atoms in total. The molecule has 0 aromatic heterocycles. The summed E-state index contributed by atoms with van der Waals surface area (Å²) in [6, 6.07) is 0. The van der Waals surface area contributed by atoms with Gasteiger partial charge in [0.2, 0.25) is 0 Å². The molecule has 0 amide bonds. The van der Waals surface area contributed by atoms with E-state index in [4.69, 9.17) is 4.74 Å². The highest BCUT2D eigenvalue weighted by Gasteiger charge is 2.16. The molecule has 0 saturated carbocycles. The lowest BCUT2D eigenvalue weighted by Crippen LogP contribution is -2.21. The molecule has 0 saturated heterocycles. The summed E-state index contributed by atoms with van der Waals surface area (Å²) in [6.45, 7) is 6.33. The molecule has 0 aromatic carbocycles. The van der Waals surface area contributed by atoms with Gasteiger partial charge in [0.25, 0.3) is 0 Å². The van der Waals surface area contributed by atoms with Crippen LogP contribution in [0, 0.1) is 5.92 Å². The Labute approximate surface area is 116 Å². The minimum Gasteiger partial charge on any atom is -0.458 e. The summed E-state index contributed by atoms with van der Waals surface area (Å²) in [5, 5.41) is 0. The lowest BCUT2D eigenvalue weighted by atomic mass is 10.1. The highest BCUT2D eigenvalue weighted by molar-refractivity contribution is 6.29. The van der Waals surface area contributed by atoms with E-state index in [1.807, 2.05) is 0 Å². The number of esters is 2. The molecule has 0 N–H and O–H groups in total. The quantitative estimate of drug-likeness (QED) is 0.279. The van der Waals surface area contributed by atoms with Crippen LogP contribution in [0.15, 0.2) is 12.2 Å². The first-order valence-electron chi connectivity index (χ1n) is 7.12. The Morgan fingerprint density at radius 3 is 2.42 bits per heavy atom. The lowest BCUT2D eigenvalue weighted by Gasteiger charge is -2.07. The summed E-state index contributed by atoms with van der Waals surface area (Å²) in [7, 11) is 0. The van der Waals surface area contributed by atoms with Crippen molar-refractivity contribution < 1.29 is 19.1 Å². The second-order valence-corrected chi connectivity index (χ2v) is 4.55. The van der Waals surface area contributed by atoms with Gasteiger partial charge in [0.15, 0.2) is 0 Å². The molecule has 19 heavy (non-hydrogen) atoms. The Balaban J connectivity index is 3.65. The maximum atomic E-state index is 11.1. The molecule has 0 fully saturated rings. The van der Waals surface area contributed by atoms with Crippen molar-refractivity contribution in [3.63, 3.8) is 0 Å². The maximum absolute atomic E-state index is 11.1. The number of hydrogen-bond acceptors (Lipinski definition) is 4. The molecule has 0 radical (unpaired) electrons. The third-order valence-corrected chi connectivity index (χ3v) is 2.69. The first-order valence-corrected chi connectivity index (χ1v) is 7.12. The monoisotopic (exact) mass is 270 g/mol. The largest absolute Gasteiger partial charge is 0.458 e. The second kappa shape index (κ2) is 11.8. The Hall–Kier alpha value is -1.32. The van der Waals surface area contributed by atoms with Crippen LogP contribution in [0.1, 0.15) is 52.9 Å². The zero-order valence-corrected chi connectivity index (χ0v) is 12.3. The summed E-state index contributed by atoms with van der Waals surface area (Å²) < 4.78 is 9.36. The van der Waals surface area contributed by atoms with Gasteiger partial charge in [0, 0.05) is 0 Å². The zero-order valence-electron chi connectivity index (χ0n) is 12.3. The molecular formula is C15H26O4. The van der Waals surface area contributed by atoms with Crippen LogP contribution in [-0.4, -0.2) is 25.2 Å². The summed E-state index contributed by atoms with van der Waals surface area (Å²) in [6.07, 6.45) is 9.83. The fraction of sp³-hybridized carbons (Fsp3) is 0.733. The van der Waals surface area contributed by atoms with Crippen molar-refractivity contribution in [1.82, 2.24) is 0 Å². The summed E-state index contributed by atoms with van der Waals surface area (Å²) in [4.78, 5) is 22.1. The van der Waals surface area contributed by atoms with E-state index in [-0.39, 0.29) is 13.2 Å². The first-order chi connectivity index (χ1) is 9.11. The van der Waals surface area contributed by atoms with Crippen molar-refractivity contribution in [2.75, 3.05) is 13.2 Å². The van der Waals surface area contributed by atoms with Gasteiger partial charge < -0.3 is 9.47 Å². The smallest absolute Gasteiger partial charge is 0.417 e. The zero-order chi connectivity index (χ0) is 14.5. The van der Waals surface area contributed by atoms with Gasteiger partial charge in [0.05, 0.1) is 13.2 Å². The van der Waals surface area contributed by atoms with Crippen LogP contribution in [0.25, 0.3) is 0 Å². The number of ether oxygens (including phenoxy) is 2. The van der Waals surface area contributed by atoms with Crippen LogP contribution in [0.3, 0.4) is 0 Å². The standard InChI is InChI=1S/C15H26O4/c1-4-6-7-8-9-10-13(3)11-12-19-15(17)14(16)18-5-2/h9-10,13H,4-8,11-12H2,1-3H3. The van der Waals surface area contributed by atoms with Crippen molar-refractivity contribution in [3.8, 4) is 0 Å². The van der Waals surface area contributed by atoms with Crippen molar-refractivity contribution in [2.24, 2.45) is 5.92 Å². The van der Waals surface area contributed by atoms with Crippen LogP contribution < -0.4 is 0 Å². The van der Waals surface area contributed by atoms with Crippen LogP contribution in [0.2, 0.25) is 0 Å². The third-order valence-electron chi connectivity index (χ3n) is 2.69. The average molecular weight is 270 g/mol. The SMILES string of the molecule is CCCCCC=CC(C)CCOC(=O)C(=O)OCC. The highest BCUT2D eigenvalue weighted by atomic mass is 16.6. The number of rotatable bonds is 9. The van der Waals surface area contributed by atoms with E-state index in [2.05, 4.69) is 30.7 Å². The molecule has 1 atom stereocenters. The molecule has 110 valence electrons. The van der Waals surface area contributed by atoms with E-state index >= 15 is 0 Å². The normalized spacial score (nSPS) is 12.4. The van der Waals surface area contributed by atoms with E-state index in [1.165, 1.54) is 19.3 Å². The minimum atomic E-state index is -0.912. The minimum absolute atomic E-state index is 0.185. The fourth-order valence-corrected chi connectivity index (χ4v) is 1.52. The predicted molar refractivity (Wildman–Crippen MR) is 74.7 cm³/mol. The second-order valence-electron chi connectivity index (χ2n) is 4.55. The van der Waals surface area contributed by atoms with Crippen LogP contribution in [0.5, 0.6) is 0 Å².